The van der Waals surface area contributed by atoms with E-state index in [2.05, 4.69) is 20.9 Å². The summed E-state index contributed by atoms with van der Waals surface area (Å²) in [6, 6.07) is 3.59. The number of anilines is 1. The summed E-state index contributed by atoms with van der Waals surface area (Å²) in [6.07, 6.45) is 3.55. The molecule has 0 amide bonds. The van der Waals surface area contributed by atoms with Gasteiger partial charge in [0.25, 0.3) is 0 Å². The molecule has 16 heavy (non-hydrogen) atoms. The summed E-state index contributed by atoms with van der Waals surface area (Å²) in [4.78, 5) is 17.9. The van der Waals surface area contributed by atoms with Crippen LogP contribution < -0.4 is 4.90 Å². The highest BCUT2D eigenvalue weighted by Gasteiger charge is 2.33. The fraction of sp³-hybridized carbons (Fsp3) is 0.455. The first kappa shape index (κ1) is 11.4. The number of esters is 1. The second-order valence-electron chi connectivity index (χ2n) is 3.68. The van der Waals surface area contributed by atoms with Crippen LogP contribution in [0, 0.1) is 0 Å². The number of rotatable bonds is 2. The molecule has 1 saturated heterocycles. The van der Waals surface area contributed by atoms with Gasteiger partial charge in [0.05, 0.1) is 11.6 Å². The Hall–Kier alpha value is -1.10. The van der Waals surface area contributed by atoms with E-state index in [1.165, 1.54) is 7.11 Å². The van der Waals surface area contributed by atoms with Gasteiger partial charge in [0.1, 0.15) is 11.9 Å². The van der Waals surface area contributed by atoms with Gasteiger partial charge >= 0.3 is 5.97 Å². The molecule has 2 rings (SSSR count). The quantitative estimate of drug-likeness (QED) is 0.779. The Kier molecular flexibility index (Phi) is 3.43. The van der Waals surface area contributed by atoms with Crippen molar-refractivity contribution in [3.63, 3.8) is 0 Å². The maximum absolute atomic E-state index is 11.6. The number of carbonyl (C=O) groups excluding carboxylic acids is 1. The van der Waals surface area contributed by atoms with Gasteiger partial charge in [-0.3, -0.25) is 0 Å². The molecule has 0 saturated carbocycles. The molecule has 1 aromatic rings. The Labute approximate surface area is 103 Å². The Morgan fingerprint density at radius 2 is 2.50 bits per heavy atom. The Bertz CT molecular complexity index is 397. The van der Waals surface area contributed by atoms with E-state index in [0.29, 0.717) is 0 Å². The summed E-state index contributed by atoms with van der Waals surface area (Å²) >= 11 is 3.45. The van der Waals surface area contributed by atoms with Gasteiger partial charge in [-0.2, -0.15) is 0 Å². The standard InChI is InChI=1S/C11H13BrN2O2/c1-16-11(15)9-5-3-7-14(9)10-8(12)4-2-6-13-10/h2,4,6,9H,3,5,7H2,1H3. The third-order valence-electron chi connectivity index (χ3n) is 2.74. The number of carbonyl (C=O) groups is 1. The molecule has 1 unspecified atom stereocenters. The van der Waals surface area contributed by atoms with E-state index in [1.54, 1.807) is 6.20 Å². The summed E-state index contributed by atoms with van der Waals surface area (Å²) in [6.45, 7) is 0.843. The van der Waals surface area contributed by atoms with Gasteiger partial charge in [0.15, 0.2) is 0 Å². The molecule has 0 radical (unpaired) electrons. The van der Waals surface area contributed by atoms with Gasteiger partial charge in [-0.1, -0.05) is 0 Å². The van der Waals surface area contributed by atoms with Crippen molar-refractivity contribution in [2.24, 2.45) is 0 Å². The monoisotopic (exact) mass is 284 g/mol. The minimum absolute atomic E-state index is 0.185. The van der Waals surface area contributed by atoms with E-state index in [9.17, 15) is 4.79 Å². The van der Waals surface area contributed by atoms with Crippen LogP contribution in [-0.4, -0.2) is 30.6 Å². The van der Waals surface area contributed by atoms with Crippen molar-refractivity contribution in [2.45, 2.75) is 18.9 Å². The zero-order valence-corrected chi connectivity index (χ0v) is 10.6. The zero-order valence-electron chi connectivity index (χ0n) is 9.02. The van der Waals surface area contributed by atoms with E-state index in [4.69, 9.17) is 4.74 Å². The number of halogens is 1. The molecular formula is C11H13BrN2O2. The number of aromatic nitrogens is 1. The van der Waals surface area contributed by atoms with Gasteiger partial charge < -0.3 is 9.64 Å². The van der Waals surface area contributed by atoms with Crippen molar-refractivity contribution in [1.82, 2.24) is 4.98 Å². The van der Waals surface area contributed by atoms with Crippen LogP contribution in [0.3, 0.4) is 0 Å². The number of pyridine rings is 1. The lowest BCUT2D eigenvalue weighted by Crippen LogP contribution is -2.37. The lowest BCUT2D eigenvalue weighted by Gasteiger charge is -2.24. The lowest BCUT2D eigenvalue weighted by molar-refractivity contribution is -0.141. The number of nitrogens with zero attached hydrogens (tertiary/aromatic N) is 2. The first-order valence-corrected chi connectivity index (χ1v) is 5.98. The minimum atomic E-state index is -0.198. The second-order valence-corrected chi connectivity index (χ2v) is 4.54. The molecule has 2 heterocycles. The van der Waals surface area contributed by atoms with Gasteiger partial charge in [-0.15, -0.1) is 0 Å². The molecule has 1 atom stereocenters. The molecule has 0 bridgehead atoms. The molecule has 0 N–H and O–H groups in total. The predicted molar refractivity (Wildman–Crippen MR) is 64.3 cm³/mol. The van der Waals surface area contributed by atoms with Gasteiger partial charge in [0.2, 0.25) is 0 Å². The van der Waals surface area contributed by atoms with Crippen molar-refractivity contribution in [2.75, 3.05) is 18.6 Å². The van der Waals surface area contributed by atoms with Crippen LogP contribution >= 0.6 is 15.9 Å². The summed E-state index contributed by atoms with van der Waals surface area (Å²) in [5, 5.41) is 0. The second kappa shape index (κ2) is 4.82. The van der Waals surface area contributed by atoms with E-state index in [0.717, 1.165) is 29.7 Å². The Morgan fingerprint density at radius 3 is 3.19 bits per heavy atom. The lowest BCUT2D eigenvalue weighted by atomic mass is 10.2. The number of hydrogen-bond acceptors (Lipinski definition) is 4. The molecule has 1 aromatic heterocycles. The van der Waals surface area contributed by atoms with Crippen LogP contribution in [0.5, 0.6) is 0 Å². The third kappa shape index (κ3) is 2.04. The third-order valence-corrected chi connectivity index (χ3v) is 3.36. The fourth-order valence-electron chi connectivity index (χ4n) is 1.99. The van der Waals surface area contributed by atoms with Crippen molar-refractivity contribution in [1.29, 1.82) is 0 Å². The molecule has 4 nitrogen and oxygen atoms in total. The molecule has 5 heteroatoms. The van der Waals surface area contributed by atoms with Crippen LogP contribution in [0.1, 0.15) is 12.8 Å². The van der Waals surface area contributed by atoms with Crippen LogP contribution in [0.25, 0.3) is 0 Å². The summed E-state index contributed by atoms with van der Waals surface area (Å²) in [7, 11) is 1.42. The van der Waals surface area contributed by atoms with Crippen LogP contribution in [0.15, 0.2) is 22.8 Å². The zero-order chi connectivity index (χ0) is 11.5. The average molecular weight is 285 g/mol. The van der Waals surface area contributed by atoms with E-state index in [1.807, 2.05) is 17.0 Å². The Morgan fingerprint density at radius 1 is 1.69 bits per heavy atom. The van der Waals surface area contributed by atoms with Gasteiger partial charge in [0, 0.05) is 12.7 Å². The average Bonchev–Trinajstić information content (AvgIpc) is 2.77. The maximum Gasteiger partial charge on any atom is 0.328 e. The molecule has 0 aliphatic carbocycles. The normalized spacial score (nSPS) is 19.9. The molecule has 86 valence electrons. The molecule has 1 aliphatic heterocycles. The van der Waals surface area contributed by atoms with Crippen molar-refractivity contribution in [3.05, 3.63) is 22.8 Å². The number of ether oxygens (including phenoxy) is 1. The highest BCUT2D eigenvalue weighted by molar-refractivity contribution is 9.10. The molecule has 0 spiro atoms. The predicted octanol–water partition coefficient (Wildman–Crippen LogP) is 1.99. The van der Waals surface area contributed by atoms with Crippen molar-refractivity contribution < 1.29 is 9.53 Å². The summed E-state index contributed by atoms with van der Waals surface area (Å²) in [5.74, 6) is 0.630. The highest BCUT2D eigenvalue weighted by atomic mass is 79.9. The highest BCUT2D eigenvalue weighted by Crippen LogP contribution is 2.30. The maximum atomic E-state index is 11.6. The molecular weight excluding hydrogens is 272 g/mol. The molecule has 1 fully saturated rings. The fourth-order valence-corrected chi connectivity index (χ4v) is 2.47. The largest absolute Gasteiger partial charge is 0.467 e. The van der Waals surface area contributed by atoms with Crippen LogP contribution in [0.2, 0.25) is 0 Å². The number of hydrogen-bond donors (Lipinski definition) is 0. The first-order chi connectivity index (χ1) is 7.74. The minimum Gasteiger partial charge on any atom is -0.467 e. The van der Waals surface area contributed by atoms with E-state index >= 15 is 0 Å². The van der Waals surface area contributed by atoms with Gasteiger partial charge in [-0.25, -0.2) is 9.78 Å². The first-order valence-electron chi connectivity index (χ1n) is 5.19. The van der Waals surface area contributed by atoms with Crippen molar-refractivity contribution in [3.8, 4) is 0 Å². The topological polar surface area (TPSA) is 42.4 Å². The smallest absolute Gasteiger partial charge is 0.328 e. The summed E-state index contributed by atoms with van der Waals surface area (Å²) in [5.41, 5.74) is 0. The van der Waals surface area contributed by atoms with Gasteiger partial charge in [-0.05, 0) is 40.9 Å². The molecule has 1 aliphatic rings. The van der Waals surface area contributed by atoms with E-state index in [-0.39, 0.29) is 12.0 Å². The van der Waals surface area contributed by atoms with Crippen molar-refractivity contribution >= 4 is 27.7 Å². The van der Waals surface area contributed by atoms with E-state index < -0.39 is 0 Å². The van der Waals surface area contributed by atoms with Crippen LogP contribution in [0.4, 0.5) is 5.82 Å². The van der Waals surface area contributed by atoms with Crippen LogP contribution in [-0.2, 0) is 9.53 Å². The summed E-state index contributed by atoms with van der Waals surface area (Å²) < 4.78 is 5.71. The number of methoxy groups -OCH3 is 1. The SMILES string of the molecule is COC(=O)C1CCCN1c1ncccc1Br. The Balaban J connectivity index is 2.27. The molecule has 0 aromatic carbocycles.